The number of hydrogen-bond donors (Lipinski definition) is 1. The van der Waals surface area contributed by atoms with Gasteiger partial charge in [0.25, 0.3) is 6.47 Å². The van der Waals surface area contributed by atoms with Crippen LogP contribution in [-0.2, 0) is 30.1 Å². The molecule has 0 aliphatic heterocycles. The maximum absolute atomic E-state index is 8.64. The van der Waals surface area contributed by atoms with Crippen LogP contribution in [0.1, 0.15) is 1.43 Å². The number of benzene rings is 20. The molecule has 8 nitrogen and oxygen atoms in total. The summed E-state index contributed by atoms with van der Waals surface area (Å²) in [5.41, 5.74) is 3.64. The van der Waals surface area contributed by atoms with Crippen LogP contribution in [0.4, 0.5) is 0 Å². The molecule has 1 N–H and O–H groups in total. The number of aromatic hydroxyl groups is 1. The Hall–Kier alpha value is -10.2. The molecule has 141 heavy (non-hydrogen) atoms. The molecular formula is C121H89Cl3K2N4O4P4PdS2. The van der Waals surface area contributed by atoms with Crippen LogP contribution < -0.4 is 172 Å². The van der Waals surface area contributed by atoms with Crippen molar-refractivity contribution >= 4 is 243 Å². The van der Waals surface area contributed by atoms with Gasteiger partial charge in [0, 0.05) is 77.1 Å². The van der Waals surface area contributed by atoms with Crippen LogP contribution in [0.5, 0.6) is 5.75 Å². The Morgan fingerprint density at radius 1 is 0.262 bits per heavy atom. The maximum Gasteiger partial charge on any atom is 1.00 e. The predicted molar refractivity (Wildman–Crippen MR) is 597 cm³/mol. The summed E-state index contributed by atoms with van der Waals surface area (Å²) in [5.74, 6) is 0.322. The molecule has 24 aromatic rings. The molecule has 0 aliphatic carbocycles. The quantitative estimate of drug-likeness (QED) is 0.0217. The number of halogens is 3. The number of para-hydroxylation sites is 1. The summed E-state index contributed by atoms with van der Waals surface area (Å²) in [4.78, 5) is 28.9. The van der Waals surface area contributed by atoms with E-state index < -0.39 is 31.7 Å². The topological polar surface area (TPSA) is 121 Å². The van der Waals surface area contributed by atoms with Crippen LogP contribution in [0, 0.1) is 0 Å². The fraction of sp³-hybridized carbons (Fsp3) is 0. The number of phenols is 1. The second kappa shape index (κ2) is 55.0. The molecule has 0 unspecified atom stereocenters. The monoisotopic (exact) mass is 2140 g/mol. The van der Waals surface area contributed by atoms with Crippen molar-refractivity contribution < 1.29 is 145 Å². The normalized spacial score (nSPS) is 10.6. The van der Waals surface area contributed by atoms with Gasteiger partial charge in [0.2, 0.25) is 10.6 Å². The van der Waals surface area contributed by atoms with Gasteiger partial charge in [0.05, 0.1) is 16.7 Å². The van der Waals surface area contributed by atoms with Crippen LogP contribution in [0.3, 0.4) is 0 Å². The minimum atomic E-state index is -0.446. The first-order chi connectivity index (χ1) is 68.1. The third-order valence-electron chi connectivity index (χ3n) is 22.3. The van der Waals surface area contributed by atoms with Gasteiger partial charge in [-0.05, 0) is 176 Å². The fourth-order valence-electron chi connectivity index (χ4n) is 16.2. The van der Waals surface area contributed by atoms with Crippen LogP contribution in [0.2, 0.25) is 15.7 Å². The van der Waals surface area contributed by atoms with E-state index in [9.17, 15) is 0 Å². The summed E-state index contributed by atoms with van der Waals surface area (Å²) in [7, 11) is -1.78. The largest absolute Gasteiger partial charge is 1.00 e. The van der Waals surface area contributed by atoms with Crippen molar-refractivity contribution in [2.75, 3.05) is 0 Å². The van der Waals surface area contributed by atoms with Crippen molar-refractivity contribution in [1.29, 1.82) is 0 Å². The molecule has 0 spiro atoms. The molecule has 0 atom stereocenters. The average Bonchev–Trinajstić information content (AvgIpc) is 1.57. The Kier molecular flexibility index (Phi) is 41.6. The average molecular weight is 2140 g/mol. The number of rotatable bonds is 14. The zero-order valence-corrected chi connectivity index (χ0v) is 92.0. The van der Waals surface area contributed by atoms with Crippen molar-refractivity contribution in [2.45, 2.75) is 0 Å². The van der Waals surface area contributed by atoms with Gasteiger partial charge in [-0.3, -0.25) is 4.79 Å². The molecular weight excluding hydrogens is 2050 g/mol. The van der Waals surface area contributed by atoms with Crippen molar-refractivity contribution in [1.82, 2.24) is 19.9 Å². The molecule has 0 aliphatic rings. The second-order valence-electron chi connectivity index (χ2n) is 31.1. The van der Waals surface area contributed by atoms with E-state index in [0.29, 0.717) is 10.9 Å². The summed E-state index contributed by atoms with van der Waals surface area (Å²) >= 11 is 22.2. The molecule has 0 amide bonds. The van der Waals surface area contributed by atoms with E-state index in [1.165, 1.54) is 115 Å². The van der Waals surface area contributed by atoms with Crippen molar-refractivity contribution in [3.63, 3.8) is 0 Å². The first-order valence-corrected chi connectivity index (χ1v) is 52.6. The Balaban J connectivity index is 0.000000140. The molecule has 0 fully saturated rings. The smallest absolute Gasteiger partial charge is 1.00 e. The van der Waals surface area contributed by atoms with E-state index in [0.717, 1.165) is 43.8 Å². The maximum atomic E-state index is 8.64. The van der Waals surface area contributed by atoms with E-state index in [2.05, 4.69) is 492 Å². The van der Waals surface area contributed by atoms with Gasteiger partial charge in [-0.25, -0.2) is 19.9 Å². The van der Waals surface area contributed by atoms with Crippen molar-refractivity contribution in [2.24, 2.45) is 0 Å². The Bertz CT molecular complexity index is 7180. The summed E-state index contributed by atoms with van der Waals surface area (Å²) < 4.78 is 4.94. The number of hydrogen-bond acceptors (Lipinski definition) is 10. The van der Waals surface area contributed by atoms with E-state index in [4.69, 9.17) is 50.0 Å². The van der Waals surface area contributed by atoms with Crippen molar-refractivity contribution in [3.05, 3.63) is 537 Å². The van der Waals surface area contributed by atoms with E-state index in [1.54, 1.807) is 35.6 Å². The molecule has 0 bridgehead atoms. The van der Waals surface area contributed by atoms with E-state index in [1.807, 2.05) is 41.7 Å². The van der Waals surface area contributed by atoms with Gasteiger partial charge in [0.15, 0.2) is 0 Å². The molecule has 682 valence electrons. The number of carbonyl (C=O) groups excluding carboxylic acids is 1. The molecule has 4 heterocycles. The summed E-state index contributed by atoms with van der Waals surface area (Å²) in [6, 6.07) is 182. The summed E-state index contributed by atoms with van der Waals surface area (Å²) in [6.07, 6.45) is 0. The molecule has 0 radical (unpaired) electrons. The minimum Gasteiger partial charge on any atom is -1.00 e. The SMILES string of the molecule is Clc1nc(-c2ccccc2)c2ccc3sc4c5ccccc5ccc4c3c2n1.Clc1nc(Cl)c2ccc3sc4c5ccccc5ccc4c3c2n1.O=CO[O-].Oc1ccccc1.[H-].[K+].[K+].[Pd].c1ccc(P(c2ccccc2)c2ccccc2)cc1.c1ccc(P(c2ccccc2)c2ccccc2)cc1.c1ccc(P(c2ccccc2)c2ccccc2)cc1.c1ccc(P(c2ccccc2)c2ccccc2)cc1. The van der Waals surface area contributed by atoms with Crippen LogP contribution in [0.25, 0.3) is 95.0 Å². The summed E-state index contributed by atoms with van der Waals surface area (Å²) in [5, 5.41) is 46.2. The Labute approximate surface area is 949 Å². The van der Waals surface area contributed by atoms with Gasteiger partial charge in [-0.1, -0.05) is 497 Å². The molecule has 0 saturated heterocycles. The number of aromatic nitrogens is 4. The Morgan fingerprint density at radius 3 is 0.738 bits per heavy atom. The van der Waals surface area contributed by atoms with Crippen LogP contribution >= 0.6 is 89.2 Å². The zero-order chi connectivity index (χ0) is 94.4. The van der Waals surface area contributed by atoms with E-state index in [-0.39, 0.29) is 142 Å². The molecule has 20 aromatic carbocycles. The second-order valence-corrected chi connectivity index (χ2v) is 43.1. The van der Waals surface area contributed by atoms with Gasteiger partial charge in [-0.2, -0.15) is 0 Å². The van der Waals surface area contributed by atoms with Gasteiger partial charge >= 0.3 is 103 Å². The van der Waals surface area contributed by atoms with Gasteiger partial charge < -0.3 is 16.7 Å². The summed E-state index contributed by atoms with van der Waals surface area (Å²) in [6.45, 7) is -0.181. The Morgan fingerprint density at radius 2 is 0.482 bits per heavy atom. The molecule has 0 saturated carbocycles. The fourth-order valence-corrected chi connectivity index (χ4v) is 28.5. The zero-order valence-electron chi connectivity index (χ0n) is 77.7. The first kappa shape index (κ1) is 107. The number of nitrogens with zero attached hydrogens (tertiary/aromatic N) is 4. The van der Waals surface area contributed by atoms with Crippen molar-refractivity contribution in [3.8, 4) is 17.0 Å². The third-order valence-corrected chi connectivity index (χ3v) is 35.1. The third kappa shape index (κ3) is 27.7. The minimum absolute atomic E-state index is 0. The molecule has 24 rings (SSSR count). The number of thiophene rings is 2. The van der Waals surface area contributed by atoms with Crippen LogP contribution in [0.15, 0.2) is 522 Å². The standard InChI is InChI=1S/C24H13ClN2S.C18H8Cl2N2S.4C18H15P.C6H6O.CH2O3.2K.Pd.H/c25-24-26-21(15-7-2-1-3-8-15)18-12-13-19-20(22(18)27-24)17-11-10-14-6-4-5-9-16(14)23(17)28-19;19-17-12-7-8-13-14(15(12)21-18(20)22-17)11-6-5-9-3-1-2-4-10(9)16(11)23-13;4*1-4-10-16(11-5-1)19(17-12-6-2-7-13-17)18-14-8-3-9-15-18;7-6-4-2-1-3-5-6;2-1-4-3;;;;/h1-13H;1-8H;4*1-15H;1-5,7H;1,3H;;;;/q;;;;;;;;2*+1;;-1/p-1. The van der Waals surface area contributed by atoms with Gasteiger partial charge in [0.1, 0.15) is 10.9 Å². The number of phenolic OH excluding ortho intramolecular Hbond substituents is 1. The van der Waals surface area contributed by atoms with Gasteiger partial charge in [-0.15, -0.1) is 22.7 Å². The first-order valence-electron chi connectivity index (χ1n) is 44.5. The number of carbonyl (C=O) groups is 1. The number of fused-ring (bicyclic) bond motifs is 14. The van der Waals surface area contributed by atoms with Crippen LogP contribution in [-0.4, -0.2) is 31.5 Å². The molecule has 4 aromatic heterocycles. The van der Waals surface area contributed by atoms with E-state index >= 15 is 0 Å². The predicted octanol–water partition coefficient (Wildman–Crippen LogP) is 21.7. The molecule has 20 heteroatoms.